The molecule has 0 saturated heterocycles. The lowest BCUT2D eigenvalue weighted by Crippen LogP contribution is -2.28. The zero-order valence-corrected chi connectivity index (χ0v) is 15.0. The molecule has 25 heavy (non-hydrogen) atoms. The quantitative estimate of drug-likeness (QED) is 0.807. The number of hydrogen-bond acceptors (Lipinski definition) is 4. The zero-order chi connectivity index (χ0) is 18.0. The summed E-state index contributed by atoms with van der Waals surface area (Å²) >= 11 is 0. The fourth-order valence-electron chi connectivity index (χ4n) is 3.19. The van der Waals surface area contributed by atoms with Crippen molar-refractivity contribution in [2.75, 3.05) is 33.3 Å². The van der Waals surface area contributed by atoms with E-state index in [9.17, 15) is 4.79 Å². The van der Waals surface area contributed by atoms with Crippen LogP contribution in [0.3, 0.4) is 0 Å². The van der Waals surface area contributed by atoms with Crippen LogP contribution in [-0.2, 0) is 4.79 Å². The molecular weight excluding hydrogens is 318 g/mol. The van der Waals surface area contributed by atoms with E-state index in [1.54, 1.807) is 33.3 Å². The second-order valence-corrected chi connectivity index (χ2v) is 6.13. The Labute approximate surface area is 148 Å². The lowest BCUT2D eigenvalue weighted by molar-refractivity contribution is -0.119. The van der Waals surface area contributed by atoms with Crippen molar-refractivity contribution in [2.24, 2.45) is 5.92 Å². The Morgan fingerprint density at radius 3 is 2.32 bits per heavy atom. The Morgan fingerprint density at radius 2 is 1.64 bits per heavy atom. The third-order valence-electron chi connectivity index (χ3n) is 4.73. The number of methoxy groups -OCH3 is 3. The summed E-state index contributed by atoms with van der Waals surface area (Å²) in [6, 6.07) is 13.4. The second kappa shape index (κ2) is 7.05. The molecule has 1 aliphatic rings. The minimum Gasteiger partial charge on any atom is -0.496 e. The van der Waals surface area contributed by atoms with Gasteiger partial charge in [0, 0.05) is 24.7 Å². The van der Waals surface area contributed by atoms with Crippen molar-refractivity contribution in [3.63, 3.8) is 0 Å². The van der Waals surface area contributed by atoms with Gasteiger partial charge >= 0.3 is 0 Å². The Kier molecular flexibility index (Phi) is 4.83. The van der Waals surface area contributed by atoms with Crippen molar-refractivity contribution in [1.29, 1.82) is 0 Å². The summed E-state index contributed by atoms with van der Waals surface area (Å²) in [5.74, 6) is 2.39. The first-order valence-electron chi connectivity index (χ1n) is 8.23. The number of hydrogen-bond donors (Lipinski definition) is 0. The van der Waals surface area contributed by atoms with Crippen LogP contribution in [0.5, 0.6) is 17.2 Å². The van der Waals surface area contributed by atoms with E-state index < -0.39 is 0 Å². The predicted octanol–water partition coefficient (Wildman–Crippen LogP) is 3.48. The van der Waals surface area contributed by atoms with Crippen LogP contribution in [0.25, 0.3) is 0 Å². The monoisotopic (exact) mass is 341 g/mol. The van der Waals surface area contributed by atoms with Crippen LogP contribution in [0, 0.1) is 5.92 Å². The van der Waals surface area contributed by atoms with Crippen LogP contribution in [-0.4, -0.2) is 34.3 Å². The first-order chi connectivity index (χ1) is 12.1. The van der Waals surface area contributed by atoms with E-state index in [2.05, 4.69) is 0 Å². The van der Waals surface area contributed by atoms with Gasteiger partial charge in [0.15, 0.2) is 11.5 Å². The highest BCUT2D eigenvalue weighted by atomic mass is 16.5. The molecule has 0 unspecified atom stereocenters. The van der Waals surface area contributed by atoms with Gasteiger partial charge in [-0.15, -0.1) is 0 Å². The van der Waals surface area contributed by atoms with Gasteiger partial charge in [-0.25, -0.2) is 0 Å². The fraction of sp³-hybridized carbons (Fsp3) is 0.350. The molecule has 0 aliphatic heterocycles. The van der Waals surface area contributed by atoms with Gasteiger partial charge in [-0.1, -0.05) is 18.2 Å². The van der Waals surface area contributed by atoms with Crippen molar-refractivity contribution >= 4 is 11.6 Å². The van der Waals surface area contributed by atoms with E-state index in [1.165, 1.54) is 0 Å². The maximum atomic E-state index is 12.9. The highest BCUT2D eigenvalue weighted by molar-refractivity contribution is 5.97. The van der Waals surface area contributed by atoms with Gasteiger partial charge < -0.3 is 19.1 Å². The molecule has 2 aromatic rings. The minimum absolute atomic E-state index is 0.0191. The highest BCUT2D eigenvalue weighted by Crippen LogP contribution is 2.51. The molecule has 1 amide bonds. The average molecular weight is 341 g/mol. The van der Waals surface area contributed by atoms with Gasteiger partial charge in [0.05, 0.1) is 21.3 Å². The maximum absolute atomic E-state index is 12.9. The first kappa shape index (κ1) is 17.1. The summed E-state index contributed by atoms with van der Waals surface area (Å²) < 4.78 is 16.0. The van der Waals surface area contributed by atoms with E-state index in [0.29, 0.717) is 11.5 Å². The van der Waals surface area contributed by atoms with Crippen molar-refractivity contribution in [2.45, 2.75) is 12.3 Å². The number of carbonyl (C=O) groups is 1. The van der Waals surface area contributed by atoms with Crippen LogP contribution in [0.1, 0.15) is 17.9 Å². The van der Waals surface area contributed by atoms with Gasteiger partial charge in [-0.3, -0.25) is 4.79 Å². The molecule has 0 radical (unpaired) electrons. The Morgan fingerprint density at radius 1 is 0.960 bits per heavy atom. The highest BCUT2D eigenvalue weighted by Gasteiger charge is 2.46. The molecule has 0 heterocycles. The lowest BCUT2D eigenvalue weighted by Gasteiger charge is -2.19. The summed E-state index contributed by atoms with van der Waals surface area (Å²) in [5, 5.41) is 0. The molecule has 2 aromatic carbocycles. The Balaban J connectivity index is 1.76. The topological polar surface area (TPSA) is 48.0 Å². The number of rotatable bonds is 6. The molecule has 0 N–H and O–H groups in total. The normalized spacial score (nSPS) is 18.4. The predicted molar refractivity (Wildman–Crippen MR) is 96.8 cm³/mol. The first-order valence-corrected chi connectivity index (χ1v) is 8.23. The number of amides is 1. The molecule has 5 heteroatoms. The second-order valence-electron chi connectivity index (χ2n) is 6.13. The van der Waals surface area contributed by atoms with Gasteiger partial charge in [0.2, 0.25) is 5.91 Å². The maximum Gasteiger partial charge on any atom is 0.230 e. The molecular formula is C20H23NO4. The smallest absolute Gasteiger partial charge is 0.230 e. The van der Waals surface area contributed by atoms with Crippen LogP contribution in [0.2, 0.25) is 0 Å². The fourth-order valence-corrected chi connectivity index (χ4v) is 3.19. The molecule has 3 rings (SSSR count). The van der Waals surface area contributed by atoms with E-state index in [0.717, 1.165) is 23.4 Å². The number of benzene rings is 2. The van der Waals surface area contributed by atoms with Gasteiger partial charge in [-0.05, 0) is 36.1 Å². The summed E-state index contributed by atoms with van der Waals surface area (Å²) in [4.78, 5) is 14.5. The molecule has 2 atom stereocenters. The summed E-state index contributed by atoms with van der Waals surface area (Å²) in [6.07, 6.45) is 0.844. The van der Waals surface area contributed by atoms with Crippen LogP contribution >= 0.6 is 0 Å². The summed E-state index contributed by atoms with van der Waals surface area (Å²) in [7, 11) is 6.63. The standard InChI is InChI=1S/C20H23NO4/c1-21(13-9-10-18(24-3)19(11-13)25-4)20(22)16-12-15(16)14-7-5-6-8-17(14)23-2/h5-11,15-16H,12H2,1-4H3/t15-,16-/m1/s1. The number of para-hydroxylation sites is 1. The SMILES string of the molecule is COc1ccc(N(C)C(=O)[C@@H]2C[C@@H]2c2ccccc2OC)cc1OC. The molecule has 5 nitrogen and oxygen atoms in total. The van der Waals surface area contributed by atoms with Crippen molar-refractivity contribution in [3.8, 4) is 17.2 Å². The van der Waals surface area contributed by atoms with Crippen LogP contribution < -0.4 is 19.1 Å². The Bertz CT molecular complexity index is 774. The molecule has 0 spiro atoms. The van der Waals surface area contributed by atoms with E-state index >= 15 is 0 Å². The number of carbonyl (C=O) groups excluding carboxylic acids is 1. The van der Waals surface area contributed by atoms with E-state index in [1.807, 2.05) is 42.5 Å². The lowest BCUT2D eigenvalue weighted by atomic mass is 10.1. The molecule has 0 bridgehead atoms. The van der Waals surface area contributed by atoms with Crippen molar-refractivity contribution in [1.82, 2.24) is 0 Å². The zero-order valence-electron chi connectivity index (χ0n) is 15.0. The van der Waals surface area contributed by atoms with E-state index in [-0.39, 0.29) is 17.7 Å². The van der Waals surface area contributed by atoms with Crippen molar-refractivity contribution < 1.29 is 19.0 Å². The molecule has 1 fully saturated rings. The third-order valence-corrected chi connectivity index (χ3v) is 4.73. The van der Waals surface area contributed by atoms with Crippen molar-refractivity contribution in [3.05, 3.63) is 48.0 Å². The van der Waals surface area contributed by atoms with Gasteiger partial charge in [-0.2, -0.15) is 0 Å². The number of anilines is 1. The molecule has 132 valence electrons. The summed E-state index contributed by atoms with van der Waals surface area (Å²) in [6.45, 7) is 0. The molecule has 0 aromatic heterocycles. The van der Waals surface area contributed by atoms with Crippen LogP contribution in [0.4, 0.5) is 5.69 Å². The summed E-state index contributed by atoms with van der Waals surface area (Å²) in [5.41, 5.74) is 1.89. The average Bonchev–Trinajstić information content (AvgIpc) is 3.46. The molecule has 1 aliphatic carbocycles. The third kappa shape index (κ3) is 3.27. The van der Waals surface area contributed by atoms with E-state index in [4.69, 9.17) is 14.2 Å². The Hall–Kier alpha value is -2.69. The molecule has 1 saturated carbocycles. The number of ether oxygens (including phenoxy) is 3. The largest absolute Gasteiger partial charge is 0.496 e. The van der Waals surface area contributed by atoms with Crippen LogP contribution in [0.15, 0.2) is 42.5 Å². The minimum atomic E-state index is -0.0191. The van der Waals surface area contributed by atoms with Gasteiger partial charge in [0.1, 0.15) is 5.75 Å². The van der Waals surface area contributed by atoms with Gasteiger partial charge in [0.25, 0.3) is 0 Å². The number of nitrogens with zero attached hydrogens (tertiary/aromatic N) is 1.